The molecule has 0 aliphatic rings. The fourth-order valence-corrected chi connectivity index (χ4v) is 0.698. The van der Waals surface area contributed by atoms with Crippen molar-refractivity contribution >= 4 is 0 Å². The number of nitriles is 1. The standard InChI is InChI=1S/C7H10N4O/c1-5(3-8)9-4-7-10-6(2)11-12-7/h5,9H,4H2,1-2H3. The lowest BCUT2D eigenvalue weighted by Crippen LogP contribution is -2.23. The van der Waals surface area contributed by atoms with Gasteiger partial charge in [-0.25, -0.2) is 0 Å². The van der Waals surface area contributed by atoms with Gasteiger partial charge in [0.1, 0.15) is 0 Å². The van der Waals surface area contributed by atoms with Gasteiger partial charge in [-0.3, -0.25) is 5.32 Å². The van der Waals surface area contributed by atoms with Gasteiger partial charge in [0.15, 0.2) is 5.82 Å². The average Bonchev–Trinajstić information content (AvgIpc) is 2.47. The van der Waals surface area contributed by atoms with Crippen molar-refractivity contribution in [2.75, 3.05) is 0 Å². The molecule has 0 amide bonds. The van der Waals surface area contributed by atoms with E-state index >= 15 is 0 Å². The third-order valence-corrected chi connectivity index (χ3v) is 1.32. The maximum Gasteiger partial charge on any atom is 0.240 e. The number of nitrogens with zero attached hydrogens (tertiary/aromatic N) is 3. The normalized spacial score (nSPS) is 12.4. The highest BCUT2D eigenvalue weighted by atomic mass is 16.5. The molecule has 0 radical (unpaired) electrons. The number of aryl methyl sites for hydroxylation is 1. The van der Waals surface area contributed by atoms with Gasteiger partial charge in [0.25, 0.3) is 0 Å². The highest BCUT2D eigenvalue weighted by molar-refractivity contribution is 4.88. The Balaban J connectivity index is 2.39. The van der Waals surface area contributed by atoms with Crippen LogP contribution >= 0.6 is 0 Å². The van der Waals surface area contributed by atoms with Crippen LogP contribution in [0.1, 0.15) is 18.6 Å². The van der Waals surface area contributed by atoms with E-state index in [1.165, 1.54) is 0 Å². The van der Waals surface area contributed by atoms with Crippen LogP contribution in [0, 0.1) is 18.3 Å². The Kier molecular flexibility index (Phi) is 2.77. The van der Waals surface area contributed by atoms with E-state index in [9.17, 15) is 0 Å². The van der Waals surface area contributed by atoms with Crippen LogP contribution in [0.3, 0.4) is 0 Å². The molecule has 0 bridgehead atoms. The van der Waals surface area contributed by atoms with Crippen molar-refractivity contribution in [3.63, 3.8) is 0 Å². The Morgan fingerprint density at radius 3 is 3.00 bits per heavy atom. The first-order valence-electron chi connectivity index (χ1n) is 3.64. The first-order chi connectivity index (χ1) is 5.72. The molecule has 0 fully saturated rings. The van der Waals surface area contributed by atoms with Crippen molar-refractivity contribution in [1.82, 2.24) is 15.5 Å². The molecule has 0 aliphatic heterocycles. The van der Waals surface area contributed by atoms with Crippen LogP contribution in [0.5, 0.6) is 0 Å². The maximum absolute atomic E-state index is 8.44. The van der Waals surface area contributed by atoms with Crippen molar-refractivity contribution in [2.24, 2.45) is 0 Å². The third kappa shape index (κ3) is 2.32. The molecule has 1 rings (SSSR count). The van der Waals surface area contributed by atoms with Gasteiger partial charge in [0.2, 0.25) is 5.89 Å². The van der Waals surface area contributed by atoms with Crippen molar-refractivity contribution in [3.05, 3.63) is 11.7 Å². The van der Waals surface area contributed by atoms with Gasteiger partial charge in [-0.05, 0) is 13.8 Å². The fraction of sp³-hybridized carbons (Fsp3) is 0.571. The summed E-state index contributed by atoms with van der Waals surface area (Å²) in [6.45, 7) is 3.96. The zero-order chi connectivity index (χ0) is 8.97. The molecule has 0 spiro atoms. The lowest BCUT2D eigenvalue weighted by Gasteiger charge is -2.00. The Labute approximate surface area is 70.4 Å². The Bertz CT molecular complexity index is 288. The minimum absolute atomic E-state index is 0.197. The number of aromatic nitrogens is 2. The van der Waals surface area contributed by atoms with E-state index in [0.717, 1.165) is 0 Å². The van der Waals surface area contributed by atoms with E-state index < -0.39 is 0 Å². The SMILES string of the molecule is Cc1noc(CNC(C)C#N)n1. The summed E-state index contributed by atoms with van der Waals surface area (Å²) in [6, 6.07) is 1.84. The van der Waals surface area contributed by atoms with Gasteiger partial charge in [-0.15, -0.1) is 0 Å². The summed E-state index contributed by atoms with van der Waals surface area (Å²) in [5.41, 5.74) is 0. The van der Waals surface area contributed by atoms with E-state index in [1.807, 2.05) is 6.07 Å². The highest BCUT2D eigenvalue weighted by Gasteiger charge is 2.03. The van der Waals surface area contributed by atoms with Crippen LogP contribution in [0.15, 0.2) is 4.52 Å². The third-order valence-electron chi connectivity index (χ3n) is 1.32. The van der Waals surface area contributed by atoms with Crippen LogP contribution in [0.2, 0.25) is 0 Å². The molecule has 1 atom stereocenters. The molecular weight excluding hydrogens is 156 g/mol. The Hall–Kier alpha value is -1.41. The van der Waals surface area contributed by atoms with E-state index in [1.54, 1.807) is 13.8 Å². The van der Waals surface area contributed by atoms with Crippen LogP contribution in [-0.2, 0) is 6.54 Å². The summed E-state index contributed by atoms with van der Waals surface area (Å²) in [6.07, 6.45) is 0. The van der Waals surface area contributed by atoms with Crippen molar-refractivity contribution in [1.29, 1.82) is 5.26 Å². The summed E-state index contributed by atoms with van der Waals surface area (Å²) in [4.78, 5) is 3.97. The van der Waals surface area contributed by atoms with Crippen molar-refractivity contribution < 1.29 is 4.52 Å². The van der Waals surface area contributed by atoms with Gasteiger partial charge in [0, 0.05) is 0 Å². The Morgan fingerprint density at radius 1 is 1.75 bits per heavy atom. The second-order valence-electron chi connectivity index (χ2n) is 2.47. The molecule has 1 unspecified atom stereocenters. The van der Waals surface area contributed by atoms with E-state index in [4.69, 9.17) is 9.78 Å². The number of nitrogens with one attached hydrogen (secondary N) is 1. The lowest BCUT2D eigenvalue weighted by atomic mass is 10.4. The molecule has 1 aromatic heterocycles. The second-order valence-corrected chi connectivity index (χ2v) is 2.47. The minimum Gasteiger partial charge on any atom is -0.338 e. The summed E-state index contributed by atoms with van der Waals surface area (Å²) >= 11 is 0. The molecule has 1 N–H and O–H groups in total. The molecule has 0 aromatic carbocycles. The Morgan fingerprint density at radius 2 is 2.50 bits per heavy atom. The average molecular weight is 166 g/mol. The van der Waals surface area contributed by atoms with Crippen molar-refractivity contribution in [2.45, 2.75) is 26.4 Å². The molecule has 64 valence electrons. The molecular formula is C7H10N4O. The lowest BCUT2D eigenvalue weighted by molar-refractivity contribution is 0.362. The zero-order valence-corrected chi connectivity index (χ0v) is 7.03. The predicted octanol–water partition coefficient (Wildman–Crippen LogP) is 0.380. The van der Waals surface area contributed by atoms with Crippen molar-refractivity contribution in [3.8, 4) is 6.07 Å². The van der Waals surface area contributed by atoms with Gasteiger partial charge >= 0.3 is 0 Å². The molecule has 1 aromatic rings. The maximum atomic E-state index is 8.44. The predicted molar refractivity (Wildman–Crippen MR) is 40.9 cm³/mol. The smallest absolute Gasteiger partial charge is 0.240 e. The zero-order valence-electron chi connectivity index (χ0n) is 7.03. The minimum atomic E-state index is -0.197. The quantitative estimate of drug-likeness (QED) is 0.702. The fourth-order valence-electron chi connectivity index (χ4n) is 0.698. The molecule has 0 saturated carbocycles. The van der Waals surface area contributed by atoms with Gasteiger partial charge in [-0.2, -0.15) is 10.2 Å². The monoisotopic (exact) mass is 166 g/mol. The largest absolute Gasteiger partial charge is 0.338 e. The highest BCUT2D eigenvalue weighted by Crippen LogP contribution is 1.94. The van der Waals surface area contributed by atoms with E-state index in [0.29, 0.717) is 18.3 Å². The molecule has 1 heterocycles. The summed E-state index contributed by atoms with van der Waals surface area (Å²) in [5.74, 6) is 1.12. The second kappa shape index (κ2) is 3.83. The van der Waals surface area contributed by atoms with E-state index in [-0.39, 0.29) is 6.04 Å². The topological polar surface area (TPSA) is 74.7 Å². The first-order valence-corrected chi connectivity index (χ1v) is 3.64. The number of hydrogen-bond donors (Lipinski definition) is 1. The molecule has 0 aliphatic carbocycles. The van der Waals surface area contributed by atoms with E-state index in [2.05, 4.69) is 15.5 Å². The molecule has 5 nitrogen and oxygen atoms in total. The number of hydrogen-bond acceptors (Lipinski definition) is 5. The first kappa shape index (κ1) is 8.68. The van der Waals surface area contributed by atoms with Crippen LogP contribution in [-0.4, -0.2) is 16.2 Å². The van der Waals surface area contributed by atoms with Crippen LogP contribution in [0.25, 0.3) is 0 Å². The van der Waals surface area contributed by atoms with Crippen LogP contribution < -0.4 is 5.32 Å². The number of rotatable bonds is 3. The summed E-state index contributed by atoms with van der Waals surface area (Å²) in [7, 11) is 0. The summed E-state index contributed by atoms with van der Waals surface area (Å²) < 4.78 is 4.83. The molecule has 12 heavy (non-hydrogen) atoms. The van der Waals surface area contributed by atoms with Gasteiger partial charge in [0.05, 0.1) is 18.7 Å². The van der Waals surface area contributed by atoms with Gasteiger partial charge in [-0.1, -0.05) is 5.16 Å². The van der Waals surface area contributed by atoms with Crippen LogP contribution in [0.4, 0.5) is 0 Å². The van der Waals surface area contributed by atoms with Gasteiger partial charge < -0.3 is 4.52 Å². The summed E-state index contributed by atoms with van der Waals surface area (Å²) in [5, 5.41) is 15.0. The molecule has 5 heteroatoms. The molecule has 0 saturated heterocycles.